The highest BCUT2D eigenvalue weighted by Crippen LogP contribution is 2.24. The van der Waals surface area contributed by atoms with Crippen LogP contribution in [0.15, 0.2) is 59.5 Å². The third kappa shape index (κ3) is 5.56. The number of halogens is 3. The summed E-state index contributed by atoms with van der Waals surface area (Å²) in [5.41, 5.74) is 1.29. The molecule has 1 amide bonds. The van der Waals surface area contributed by atoms with Crippen LogP contribution in [-0.4, -0.2) is 33.9 Å². The molecule has 1 atom stereocenters. The fraction of sp³-hybridized carbons (Fsp3) is 0.190. The highest BCUT2D eigenvalue weighted by atomic mass is 19.4. The van der Waals surface area contributed by atoms with E-state index in [2.05, 4.69) is 15.0 Å². The van der Waals surface area contributed by atoms with Gasteiger partial charge in [0.25, 0.3) is 5.91 Å². The number of benzene rings is 2. The number of hydrogen-bond acceptors (Lipinski definition) is 5. The molecule has 11 heteroatoms. The molecule has 0 aliphatic rings. The van der Waals surface area contributed by atoms with E-state index < -0.39 is 30.1 Å². The van der Waals surface area contributed by atoms with E-state index in [1.807, 2.05) is 0 Å². The Kier molecular flexibility index (Phi) is 6.37. The molecule has 168 valence electrons. The van der Waals surface area contributed by atoms with Crippen molar-refractivity contribution in [3.05, 3.63) is 76.5 Å². The van der Waals surface area contributed by atoms with E-state index in [0.29, 0.717) is 11.4 Å². The van der Waals surface area contributed by atoms with E-state index >= 15 is 0 Å². The van der Waals surface area contributed by atoms with Gasteiger partial charge in [-0.05, 0) is 62.4 Å². The van der Waals surface area contributed by atoms with Crippen molar-refractivity contribution >= 4 is 17.6 Å². The molecule has 1 heterocycles. The molecule has 1 unspecified atom stereocenters. The molecule has 8 nitrogen and oxygen atoms in total. The molecule has 0 saturated carbocycles. The largest absolute Gasteiger partial charge is 0.573 e. The van der Waals surface area contributed by atoms with E-state index in [0.717, 1.165) is 12.1 Å². The summed E-state index contributed by atoms with van der Waals surface area (Å²) in [6.45, 7) is 3.10. The number of anilines is 1. The molecule has 2 N–H and O–H groups in total. The van der Waals surface area contributed by atoms with Crippen molar-refractivity contribution in [2.75, 3.05) is 5.32 Å². The minimum Gasteiger partial charge on any atom is -0.449 e. The first-order chi connectivity index (χ1) is 15.0. The molecule has 3 aromatic rings. The Labute approximate surface area is 179 Å². The number of ether oxygens (including phenoxy) is 2. The van der Waals surface area contributed by atoms with Crippen LogP contribution in [0.4, 0.5) is 18.9 Å². The van der Waals surface area contributed by atoms with E-state index in [1.54, 1.807) is 25.3 Å². The quantitative estimate of drug-likeness (QED) is 0.561. The SMILES string of the molecule is Cc1c[nH]c(=O)n1-c1ccc(C(=O)OC(C)C(=O)Nc2ccc(OC(F)(F)F)cc2)cc1. The summed E-state index contributed by atoms with van der Waals surface area (Å²) in [4.78, 5) is 38.9. The summed E-state index contributed by atoms with van der Waals surface area (Å²) in [5.74, 6) is -1.87. The maximum absolute atomic E-state index is 12.3. The normalized spacial score (nSPS) is 12.2. The summed E-state index contributed by atoms with van der Waals surface area (Å²) in [5, 5.41) is 2.43. The fourth-order valence-electron chi connectivity index (χ4n) is 2.79. The summed E-state index contributed by atoms with van der Waals surface area (Å²) < 4.78 is 46.9. The van der Waals surface area contributed by atoms with Gasteiger partial charge in [-0.15, -0.1) is 13.2 Å². The van der Waals surface area contributed by atoms with Gasteiger partial charge >= 0.3 is 18.0 Å². The van der Waals surface area contributed by atoms with Crippen molar-refractivity contribution in [1.82, 2.24) is 9.55 Å². The Morgan fingerprint density at radius 2 is 1.69 bits per heavy atom. The van der Waals surface area contributed by atoms with Gasteiger partial charge in [0.2, 0.25) is 0 Å². The summed E-state index contributed by atoms with van der Waals surface area (Å²) in [6.07, 6.45) is -4.44. The van der Waals surface area contributed by atoms with Crippen LogP contribution in [0.25, 0.3) is 5.69 Å². The first-order valence-electron chi connectivity index (χ1n) is 9.28. The molecular formula is C21H18F3N3O5. The number of amides is 1. The van der Waals surface area contributed by atoms with Gasteiger partial charge in [-0.1, -0.05) is 0 Å². The molecule has 0 saturated heterocycles. The zero-order chi connectivity index (χ0) is 23.5. The van der Waals surface area contributed by atoms with Gasteiger partial charge in [0.15, 0.2) is 6.10 Å². The van der Waals surface area contributed by atoms with Crippen LogP contribution >= 0.6 is 0 Å². The molecular weight excluding hydrogens is 431 g/mol. The van der Waals surface area contributed by atoms with Crippen LogP contribution in [0.3, 0.4) is 0 Å². The van der Waals surface area contributed by atoms with E-state index in [9.17, 15) is 27.6 Å². The summed E-state index contributed by atoms with van der Waals surface area (Å²) >= 11 is 0. The fourth-order valence-corrected chi connectivity index (χ4v) is 2.79. The lowest BCUT2D eigenvalue weighted by Gasteiger charge is -2.14. The maximum atomic E-state index is 12.3. The highest BCUT2D eigenvalue weighted by molar-refractivity contribution is 5.97. The third-order valence-electron chi connectivity index (χ3n) is 4.33. The third-order valence-corrected chi connectivity index (χ3v) is 4.33. The number of hydrogen-bond donors (Lipinski definition) is 2. The zero-order valence-corrected chi connectivity index (χ0v) is 16.9. The molecule has 3 rings (SSSR count). The van der Waals surface area contributed by atoms with E-state index in [-0.39, 0.29) is 16.9 Å². The second-order valence-electron chi connectivity index (χ2n) is 6.73. The lowest BCUT2D eigenvalue weighted by atomic mass is 10.2. The number of rotatable bonds is 6. The number of nitrogens with one attached hydrogen (secondary N) is 2. The molecule has 2 aromatic carbocycles. The van der Waals surface area contributed by atoms with Crippen molar-refractivity contribution < 1.29 is 32.2 Å². The molecule has 0 fully saturated rings. The minimum atomic E-state index is -4.82. The highest BCUT2D eigenvalue weighted by Gasteiger charge is 2.31. The average molecular weight is 449 g/mol. The first-order valence-corrected chi connectivity index (χ1v) is 9.28. The van der Waals surface area contributed by atoms with E-state index in [4.69, 9.17) is 4.74 Å². The zero-order valence-electron chi connectivity index (χ0n) is 16.9. The molecule has 0 aliphatic carbocycles. The van der Waals surface area contributed by atoms with Crippen molar-refractivity contribution in [1.29, 1.82) is 0 Å². The standard InChI is InChI=1S/C21H18F3N3O5/c1-12-11-25-20(30)27(12)16-7-3-14(4-8-16)19(29)31-13(2)18(28)26-15-5-9-17(10-6-15)32-21(22,23)24/h3-11,13H,1-2H3,(H,25,30)(H,26,28). The van der Waals surface area contributed by atoms with Gasteiger partial charge in [-0.25, -0.2) is 9.59 Å². The topological polar surface area (TPSA) is 102 Å². The van der Waals surface area contributed by atoms with Crippen molar-refractivity contribution in [2.45, 2.75) is 26.3 Å². The van der Waals surface area contributed by atoms with Crippen LogP contribution in [0, 0.1) is 6.92 Å². The van der Waals surface area contributed by atoms with Crippen molar-refractivity contribution in [3.63, 3.8) is 0 Å². The number of nitrogens with zero attached hydrogens (tertiary/aromatic N) is 1. The Bertz CT molecular complexity index is 1170. The predicted octanol–water partition coefficient (Wildman–Crippen LogP) is 3.56. The number of carbonyl (C=O) groups excluding carboxylic acids is 2. The van der Waals surface area contributed by atoms with Gasteiger partial charge in [-0.3, -0.25) is 9.36 Å². The van der Waals surface area contributed by atoms with Gasteiger partial charge < -0.3 is 19.8 Å². The summed E-state index contributed by atoms with van der Waals surface area (Å²) in [6, 6.07) is 10.6. The molecule has 0 spiro atoms. The van der Waals surface area contributed by atoms with Crippen LogP contribution in [-0.2, 0) is 9.53 Å². The number of carbonyl (C=O) groups is 2. The van der Waals surface area contributed by atoms with Crippen LogP contribution < -0.4 is 15.7 Å². The van der Waals surface area contributed by atoms with Crippen LogP contribution in [0.5, 0.6) is 5.75 Å². The van der Waals surface area contributed by atoms with Gasteiger partial charge in [0.05, 0.1) is 11.3 Å². The Morgan fingerprint density at radius 1 is 1.06 bits per heavy atom. The second-order valence-corrected chi connectivity index (χ2v) is 6.73. The number of esters is 1. The van der Waals surface area contributed by atoms with Gasteiger partial charge in [-0.2, -0.15) is 0 Å². The van der Waals surface area contributed by atoms with Crippen molar-refractivity contribution in [2.24, 2.45) is 0 Å². The van der Waals surface area contributed by atoms with Crippen LogP contribution in [0.2, 0.25) is 0 Å². The molecule has 1 aromatic heterocycles. The lowest BCUT2D eigenvalue weighted by Crippen LogP contribution is -2.30. The number of H-pyrrole nitrogens is 1. The summed E-state index contributed by atoms with van der Waals surface area (Å²) in [7, 11) is 0. The van der Waals surface area contributed by atoms with Crippen LogP contribution in [0.1, 0.15) is 23.0 Å². The number of imidazole rings is 1. The maximum Gasteiger partial charge on any atom is 0.573 e. The van der Waals surface area contributed by atoms with Gasteiger partial charge in [0.1, 0.15) is 5.75 Å². The Balaban J connectivity index is 1.59. The number of aryl methyl sites for hydroxylation is 1. The Morgan fingerprint density at radius 3 is 2.22 bits per heavy atom. The number of alkyl halides is 3. The molecule has 0 bridgehead atoms. The first kappa shape index (κ1) is 22.7. The van der Waals surface area contributed by atoms with Crippen molar-refractivity contribution in [3.8, 4) is 11.4 Å². The second kappa shape index (κ2) is 9.00. The Hall–Kier alpha value is -4.02. The molecule has 0 aliphatic heterocycles. The molecule has 32 heavy (non-hydrogen) atoms. The smallest absolute Gasteiger partial charge is 0.449 e. The average Bonchev–Trinajstić information content (AvgIpc) is 3.06. The number of aromatic amines is 1. The lowest BCUT2D eigenvalue weighted by molar-refractivity contribution is -0.274. The molecule has 0 radical (unpaired) electrons. The van der Waals surface area contributed by atoms with E-state index in [1.165, 1.54) is 35.8 Å². The predicted molar refractivity (Wildman–Crippen MR) is 108 cm³/mol. The number of aromatic nitrogens is 2. The minimum absolute atomic E-state index is 0.170. The monoisotopic (exact) mass is 449 g/mol. The van der Waals surface area contributed by atoms with Gasteiger partial charge in [0, 0.05) is 17.6 Å².